The molecule has 2 atom stereocenters. The van der Waals surface area contributed by atoms with E-state index in [0.29, 0.717) is 12.5 Å². The van der Waals surface area contributed by atoms with E-state index in [1.165, 1.54) is 5.56 Å². The molecule has 1 saturated heterocycles. The standard InChI is InChI=1S/C16H23NO2/c1-3-17-11-10-14(13-8-6-5-7-9-13)15(12-17)16(18)19-4-2/h5-9,14-15H,3-4,10-12H2,1-2H3. The molecule has 3 nitrogen and oxygen atoms in total. The molecule has 0 amide bonds. The molecule has 0 N–H and O–H groups in total. The molecule has 1 aromatic rings. The first-order chi connectivity index (χ1) is 9.26. The van der Waals surface area contributed by atoms with Crippen molar-refractivity contribution in [3.8, 4) is 0 Å². The molecule has 2 rings (SSSR count). The lowest BCUT2D eigenvalue weighted by atomic mass is 9.80. The Labute approximate surface area is 115 Å². The number of esters is 1. The van der Waals surface area contributed by atoms with Crippen molar-refractivity contribution >= 4 is 5.97 Å². The molecule has 0 spiro atoms. The predicted octanol–water partition coefficient (Wildman–Crippen LogP) is 2.68. The van der Waals surface area contributed by atoms with Crippen molar-refractivity contribution in [1.29, 1.82) is 0 Å². The molecular weight excluding hydrogens is 238 g/mol. The third kappa shape index (κ3) is 3.35. The summed E-state index contributed by atoms with van der Waals surface area (Å²) in [6, 6.07) is 10.4. The van der Waals surface area contributed by atoms with Crippen LogP contribution in [0.1, 0.15) is 31.7 Å². The number of carbonyl (C=O) groups is 1. The Morgan fingerprint density at radius 1 is 1.32 bits per heavy atom. The zero-order valence-electron chi connectivity index (χ0n) is 11.8. The minimum atomic E-state index is -0.0468. The predicted molar refractivity (Wildman–Crippen MR) is 76.0 cm³/mol. The molecule has 0 radical (unpaired) electrons. The summed E-state index contributed by atoms with van der Waals surface area (Å²) in [5.41, 5.74) is 1.26. The summed E-state index contributed by atoms with van der Waals surface area (Å²) < 4.78 is 5.26. The monoisotopic (exact) mass is 261 g/mol. The van der Waals surface area contributed by atoms with E-state index in [0.717, 1.165) is 26.1 Å². The highest BCUT2D eigenvalue weighted by Crippen LogP contribution is 2.33. The summed E-state index contributed by atoms with van der Waals surface area (Å²) in [6.45, 7) is 7.35. The van der Waals surface area contributed by atoms with Crippen LogP contribution in [0.25, 0.3) is 0 Å². The van der Waals surface area contributed by atoms with Crippen LogP contribution < -0.4 is 0 Å². The van der Waals surface area contributed by atoms with Gasteiger partial charge < -0.3 is 9.64 Å². The second-order valence-electron chi connectivity index (χ2n) is 5.06. The van der Waals surface area contributed by atoms with Gasteiger partial charge in [0.25, 0.3) is 0 Å². The molecule has 104 valence electrons. The maximum absolute atomic E-state index is 12.2. The van der Waals surface area contributed by atoms with Crippen molar-refractivity contribution in [2.75, 3.05) is 26.2 Å². The van der Waals surface area contributed by atoms with E-state index in [4.69, 9.17) is 4.74 Å². The normalized spacial score (nSPS) is 24.1. The van der Waals surface area contributed by atoms with Gasteiger partial charge in [0.15, 0.2) is 0 Å². The first-order valence-corrected chi connectivity index (χ1v) is 7.20. The molecule has 0 aromatic heterocycles. The molecule has 0 aliphatic carbocycles. The third-order valence-electron chi connectivity index (χ3n) is 3.96. The number of carbonyl (C=O) groups excluding carboxylic acids is 1. The molecule has 0 saturated carbocycles. The summed E-state index contributed by atoms with van der Waals surface area (Å²) in [5, 5.41) is 0. The Morgan fingerprint density at radius 2 is 2.05 bits per heavy atom. The molecule has 1 aliphatic rings. The topological polar surface area (TPSA) is 29.5 Å². The van der Waals surface area contributed by atoms with Crippen LogP contribution in [-0.4, -0.2) is 37.1 Å². The van der Waals surface area contributed by atoms with Crippen LogP contribution >= 0.6 is 0 Å². The number of nitrogens with zero attached hydrogens (tertiary/aromatic N) is 1. The van der Waals surface area contributed by atoms with Gasteiger partial charge in [0.2, 0.25) is 0 Å². The van der Waals surface area contributed by atoms with E-state index < -0.39 is 0 Å². The number of rotatable bonds is 4. The van der Waals surface area contributed by atoms with Gasteiger partial charge in [0.1, 0.15) is 0 Å². The SMILES string of the molecule is CCOC(=O)C1CN(CC)CCC1c1ccccc1. The smallest absolute Gasteiger partial charge is 0.310 e. The highest BCUT2D eigenvalue weighted by Gasteiger charge is 2.35. The van der Waals surface area contributed by atoms with Crippen molar-refractivity contribution in [2.45, 2.75) is 26.2 Å². The number of piperidine rings is 1. The number of benzene rings is 1. The third-order valence-corrected chi connectivity index (χ3v) is 3.96. The summed E-state index contributed by atoms with van der Waals surface area (Å²) in [5.74, 6) is 0.216. The van der Waals surface area contributed by atoms with E-state index in [9.17, 15) is 4.79 Å². The Hall–Kier alpha value is -1.35. The minimum absolute atomic E-state index is 0.0314. The van der Waals surface area contributed by atoms with Gasteiger partial charge in [-0.1, -0.05) is 37.3 Å². The van der Waals surface area contributed by atoms with Gasteiger partial charge in [-0.25, -0.2) is 0 Å². The van der Waals surface area contributed by atoms with E-state index in [2.05, 4.69) is 24.0 Å². The summed E-state index contributed by atoms with van der Waals surface area (Å²) in [6.07, 6.45) is 1.03. The van der Waals surface area contributed by atoms with Crippen molar-refractivity contribution in [1.82, 2.24) is 4.90 Å². The molecule has 3 heteroatoms. The van der Waals surface area contributed by atoms with Crippen molar-refractivity contribution in [2.24, 2.45) is 5.92 Å². The fraction of sp³-hybridized carbons (Fsp3) is 0.562. The van der Waals surface area contributed by atoms with E-state index in [1.807, 2.05) is 25.1 Å². The fourth-order valence-electron chi connectivity index (χ4n) is 2.89. The van der Waals surface area contributed by atoms with Gasteiger partial charge in [-0.2, -0.15) is 0 Å². The number of ether oxygens (including phenoxy) is 1. The maximum Gasteiger partial charge on any atom is 0.310 e. The quantitative estimate of drug-likeness (QED) is 0.780. The molecule has 1 aromatic carbocycles. The second kappa shape index (κ2) is 6.71. The molecule has 2 unspecified atom stereocenters. The van der Waals surface area contributed by atoms with Crippen LogP contribution in [0.5, 0.6) is 0 Å². The van der Waals surface area contributed by atoms with Gasteiger partial charge in [0.05, 0.1) is 12.5 Å². The van der Waals surface area contributed by atoms with Crippen LogP contribution in [0.2, 0.25) is 0 Å². The Kier molecular flexibility index (Phi) is 4.97. The molecule has 0 bridgehead atoms. The second-order valence-corrected chi connectivity index (χ2v) is 5.06. The van der Waals surface area contributed by atoms with Crippen LogP contribution in [0.15, 0.2) is 30.3 Å². The number of hydrogen-bond donors (Lipinski definition) is 0. The molecule has 1 heterocycles. The average molecular weight is 261 g/mol. The number of likely N-dealkylation sites (tertiary alicyclic amines) is 1. The largest absolute Gasteiger partial charge is 0.466 e. The first-order valence-electron chi connectivity index (χ1n) is 7.20. The molecule has 1 fully saturated rings. The first kappa shape index (κ1) is 14.1. The van der Waals surface area contributed by atoms with Gasteiger partial charge in [0, 0.05) is 6.54 Å². The average Bonchev–Trinajstić information content (AvgIpc) is 2.47. The Bertz CT molecular complexity index is 404. The highest BCUT2D eigenvalue weighted by molar-refractivity contribution is 5.74. The minimum Gasteiger partial charge on any atom is -0.466 e. The Morgan fingerprint density at radius 3 is 2.68 bits per heavy atom. The zero-order chi connectivity index (χ0) is 13.7. The maximum atomic E-state index is 12.2. The molecule has 1 aliphatic heterocycles. The summed E-state index contributed by atoms with van der Waals surface area (Å²) in [7, 11) is 0. The van der Waals surface area contributed by atoms with Crippen LogP contribution in [0, 0.1) is 5.92 Å². The van der Waals surface area contributed by atoms with Gasteiger partial charge in [-0.05, 0) is 37.9 Å². The lowest BCUT2D eigenvalue weighted by Gasteiger charge is -2.37. The van der Waals surface area contributed by atoms with E-state index >= 15 is 0 Å². The van der Waals surface area contributed by atoms with E-state index in [-0.39, 0.29) is 11.9 Å². The van der Waals surface area contributed by atoms with Crippen molar-refractivity contribution in [3.63, 3.8) is 0 Å². The zero-order valence-corrected chi connectivity index (χ0v) is 11.8. The summed E-state index contributed by atoms with van der Waals surface area (Å²) in [4.78, 5) is 14.5. The van der Waals surface area contributed by atoms with Crippen molar-refractivity contribution in [3.05, 3.63) is 35.9 Å². The Balaban J connectivity index is 2.17. The summed E-state index contributed by atoms with van der Waals surface area (Å²) >= 11 is 0. The van der Waals surface area contributed by atoms with Crippen LogP contribution in [-0.2, 0) is 9.53 Å². The molecule has 19 heavy (non-hydrogen) atoms. The molecular formula is C16H23NO2. The van der Waals surface area contributed by atoms with E-state index in [1.54, 1.807) is 0 Å². The van der Waals surface area contributed by atoms with Gasteiger partial charge >= 0.3 is 5.97 Å². The lowest BCUT2D eigenvalue weighted by molar-refractivity contribution is -0.150. The van der Waals surface area contributed by atoms with Crippen molar-refractivity contribution < 1.29 is 9.53 Å². The van der Waals surface area contributed by atoms with Gasteiger partial charge in [-0.15, -0.1) is 0 Å². The fourth-order valence-corrected chi connectivity index (χ4v) is 2.89. The number of hydrogen-bond acceptors (Lipinski definition) is 3. The lowest BCUT2D eigenvalue weighted by Crippen LogP contribution is -2.43. The highest BCUT2D eigenvalue weighted by atomic mass is 16.5. The van der Waals surface area contributed by atoms with Gasteiger partial charge in [-0.3, -0.25) is 4.79 Å². The van der Waals surface area contributed by atoms with Crippen LogP contribution in [0.4, 0.5) is 0 Å². The van der Waals surface area contributed by atoms with Crippen LogP contribution in [0.3, 0.4) is 0 Å².